The molecule has 0 aliphatic heterocycles. The Morgan fingerprint density at radius 2 is 0.682 bits per heavy atom. The lowest BCUT2D eigenvalue weighted by Crippen LogP contribution is -2.30. The first kappa shape index (κ1) is 62.6. The van der Waals surface area contributed by atoms with E-state index >= 15 is 0 Å². The van der Waals surface area contributed by atoms with Crippen LogP contribution >= 0.6 is 0 Å². The predicted molar refractivity (Wildman–Crippen MR) is 288 cm³/mol. The van der Waals surface area contributed by atoms with Crippen molar-refractivity contribution < 1.29 is 23.8 Å². The van der Waals surface area contributed by atoms with Crippen LogP contribution in [0.1, 0.15) is 239 Å². The normalized spacial score (nSPS) is 13.1. The molecule has 0 saturated heterocycles. The third-order valence-corrected chi connectivity index (χ3v) is 11.3. The Balaban J connectivity index is 4.41. The molecule has 66 heavy (non-hydrogen) atoms. The molecule has 0 aliphatic rings. The van der Waals surface area contributed by atoms with E-state index in [9.17, 15) is 9.59 Å². The Kier molecular flexibility index (Phi) is 53.0. The summed E-state index contributed by atoms with van der Waals surface area (Å²) in [5.41, 5.74) is 0. The van der Waals surface area contributed by atoms with Gasteiger partial charge >= 0.3 is 11.9 Å². The smallest absolute Gasteiger partial charge is 0.306 e. The van der Waals surface area contributed by atoms with E-state index in [1.165, 1.54) is 96.3 Å². The molecule has 0 aliphatic carbocycles. The minimum absolute atomic E-state index is 0.0521. The third kappa shape index (κ3) is 53.2. The Labute approximate surface area is 408 Å². The summed E-state index contributed by atoms with van der Waals surface area (Å²) in [5.74, 6) is -0.450. The molecule has 0 heterocycles. The zero-order valence-electron chi connectivity index (χ0n) is 43.2. The minimum atomic E-state index is -0.577. The van der Waals surface area contributed by atoms with Gasteiger partial charge in [-0.2, -0.15) is 0 Å². The fraction of sp³-hybridized carbons (Fsp3) is 0.672. The van der Waals surface area contributed by atoms with Gasteiger partial charge in [0.1, 0.15) is 6.61 Å². The van der Waals surface area contributed by atoms with Crippen molar-refractivity contribution in [3.05, 3.63) is 109 Å². The highest BCUT2D eigenvalue weighted by atomic mass is 16.6. The lowest BCUT2D eigenvalue weighted by atomic mass is 10.1. The summed E-state index contributed by atoms with van der Waals surface area (Å²) in [4.78, 5) is 25.5. The van der Waals surface area contributed by atoms with Gasteiger partial charge in [0.2, 0.25) is 0 Å². The van der Waals surface area contributed by atoms with Crippen LogP contribution in [-0.2, 0) is 23.8 Å². The summed E-state index contributed by atoms with van der Waals surface area (Å²) in [7, 11) is 0. The number of rotatable bonds is 49. The quantitative estimate of drug-likeness (QED) is 0.0346. The lowest BCUT2D eigenvalue weighted by Gasteiger charge is -2.18. The molecule has 0 radical (unpaired) electrons. The van der Waals surface area contributed by atoms with E-state index in [1.807, 2.05) is 0 Å². The molecule has 0 aromatic rings. The van der Waals surface area contributed by atoms with E-state index in [-0.39, 0.29) is 25.2 Å². The molecule has 0 saturated carbocycles. The first-order valence-corrected chi connectivity index (χ1v) is 27.4. The highest BCUT2D eigenvalue weighted by Gasteiger charge is 2.17. The zero-order valence-corrected chi connectivity index (χ0v) is 43.2. The van der Waals surface area contributed by atoms with Crippen LogP contribution in [0.2, 0.25) is 0 Å². The van der Waals surface area contributed by atoms with E-state index in [0.29, 0.717) is 19.4 Å². The van der Waals surface area contributed by atoms with E-state index < -0.39 is 6.10 Å². The average molecular weight is 915 g/mol. The second kappa shape index (κ2) is 55.9. The summed E-state index contributed by atoms with van der Waals surface area (Å²) < 4.78 is 17.4. The second-order valence-electron chi connectivity index (χ2n) is 17.7. The van der Waals surface area contributed by atoms with Gasteiger partial charge in [0, 0.05) is 19.4 Å². The van der Waals surface area contributed by atoms with Crippen LogP contribution < -0.4 is 0 Å². The van der Waals surface area contributed by atoms with Gasteiger partial charge in [-0.25, -0.2) is 0 Å². The highest BCUT2D eigenvalue weighted by Crippen LogP contribution is 2.13. The summed E-state index contributed by atoms with van der Waals surface area (Å²) in [5, 5.41) is 0. The highest BCUT2D eigenvalue weighted by molar-refractivity contribution is 5.70. The van der Waals surface area contributed by atoms with Gasteiger partial charge in [0.05, 0.1) is 6.61 Å². The molecule has 0 rings (SSSR count). The molecule has 0 bridgehead atoms. The number of unbranched alkanes of at least 4 members (excludes halogenated alkanes) is 20. The van der Waals surface area contributed by atoms with Gasteiger partial charge in [-0.05, 0) is 128 Å². The molecule has 0 N–H and O–H groups in total. The lowest BCUT2D eigenvalue weighted by molar-refractivity contribution is -0.163. The molecule has 0 spiro atoms. The average Bonchev–Trinajstić information content (AvgIpc) is 3.32. The minimum Gasteiger partial charge on any atom is -0.462 e. The van der Waals surface area contributed by atoms with Gasteiger partial charge in [0.15, 0.2) is 6.10 Å². The maximum Gasteiger partial charge on any atom is 0.306 e. The number of ether oxygens (including phenoxy) is 3. The third-order valence-electron chi connectivity index (χ3n) is 11.3. The topological polar surface area (TPSA) is 61.8 Å². The molecule has 1 unspecified atom stereocenters. The van der Waals surface area contributed by atoms with Crippen LogP contribution in [-0.4, -0.2) is 37.9 Å². The van der Waals surface area contributed by atoms with Crippen LogP contribution in [0.5, 0.6) is 0 Å². The van der Waals surface area contributed by atoms with E-state index in [2.05, 4.69) is 130 Å². The van der Waals surface area contributed by atoms with E-state index in [1.54, 1.807) is 0 Å². The molecular weight excluding hydrogens is 813 g/mol. The van der Waals surface area contributed by atoms with Gasteiger partial charge < -0.3 is 14.2 Å². The van der Waals surface area contributed by atoms with Gasteiger partial charge in [0.25, 0.3) is 0 Å². The monoisotopic (exact) mass is 915 g/mol. The molecule has 0 aromatic heterocycles. The Bertz CT molecular complexity index is 1310. The van der Waals surface area contributed by atoms with Crippen molar-refractivity contribution in [2.45, 2.75) is 245 Å². The first-order valence-electron chi connectivity index (χ1n) is 27.4. The van der Waals surface area contributed by atoms with Crippen LogP contribution in [0.15, 0.2) is 109 Å². The molecule has 0 fully saturated rings. The standard InChI is InChI=1S/C61H102O5/c1-4-7-10-13-16-19-22-25-28-30-32-35-38-41-44-47-50-53-56-64-57-59(66-61(63)55-52-49-46-43-40-37-33-27-24-21-18-15-12-9-6-3)58-65-60(62)54-51-48-45-42-39-36-34-31-29-26-23-20-17-14-11-8-5-2/h7,10,16-21,25-29,32-33,35,41,44,59H,4-6,8-9,11-15,22-24,30-31,34,36-40,42-43,45-58H2,1-3H3/b10-7-,19-16-,20-17-,21-18-,28-25-,29-26-,33-27-,35-32-,44-41-. The molecule has 0 aromatic carbocycles. The largest absolute Gasteiger partial charge is 0.462 e. The number of carbonyl (C=O) groups is 2. The van der Waals surface area contributed by atoms with Crippen LogP contribution in [0.4, 0.5) is 0 Å². The van der Waals surface area contributed by atoms with Crippen molar-refractivity contribution in [1.82, 2.24) is 0 Å². The van der Waals surface area contributed by atoms with E-state index in [0.717, 1.165) is 109 Å². The number of allylic oxidation sites excluding steroid dienone is 18. The molecular formula is C61H102O5. The Morgan fingerprint density at radius 3 is 1.09 bits per heavy atom. The second-order valence-corrected chi connectivity index (χ2v) is 17.7. The summed E-state index contributed by atoms with van der Waals surface area (Å²) >= 11 is 0. The number of hydrogen-bond acceptors (Lipinski definition) is 5. The predicted octanol–water partition coefficient (Wildman–Crippen LogP) is 18.8. The number of hydrogen-bond donors (Lipinski definition) is 0. The van der Waals surface area contributed by atoms with Gasteiger partial charge in [-0.1, -0.05) is 207 Å². The van der Waals surface area contributed by atoms with Crippen LogP contribution in [0.3, 0.4) is 0 Å². The molecule has 376 valence electrons. The SMILES string of the molecule is CC/C=C\C/C=C\C/C=C\C/C=C\C/C=C\CCCCOCC(COC(=O)CCCCCCCCC/C=C\C/C=C\CCCCC)OC(=O)CCCCCCC/C=C\C/C=C\CCCCC. The summed E-state index contributed by atoms with van der Waals surface area (Å²) in [6.07, 6.45) is 76.7. The first-order chi connectivity index (χ1) is 32.6. The Morgan fingerprint density at radius 1 is 0.348 bits per heavy atom. The number of carbonyl (C=O) groups excluding carboxylic acids is 2. The maximum atomic E-state index is 12.8. The van der Waals surface area contributed by atoms with Gasteiger partial charge in [-0.15, -0.1) is 0 Å². The van der Waals surface area contributed by atoms with Crippen molar-refractivity contribution >= 4 is 11.9 Å². The molecule has 5 nitrogen and oxygen atoms in total. The molecule has 5 heteroatoms. The van der Waals surface area contributed by atoms with Crippen molar-refractivity contribution in [2.75, 3.05) is 19.8 Å². The van der Waals surface area contributed by atoms with E-state index in [4.69, 9.17) is 14.2 Å². The summed E-state index contributed by atoms with van der Waals surface area (Å²) in [6.45, 7) is 7.54. The molecule has 0 amide bonds. The molecule has 1 atom stereocenters. The fourth-order valence-corrected chi connectivity index (χ4v) is 7.18. The summed E-state index contributed by atoms with van der Waals surface area (Å²) in [6, 6.07) is 0. The number of esters is 2. The zero-order chi connectivity index (χ0) is 47.7. The fourth-order valence-electron chi connectivity index (χ4n) is 7.18. The van der Waals surface area contributed by atoms with Crippen molar-refractivity contribution in [3.63, 3.8) is 0 Å². The Hall–Kier alpha value is -3.44. The van der Waals surface area contributed by atoms with Gasteiger partial charge in [-0.3, -0.25) is 9.59 Å². The van der Waals surface area contributed by atoms with Crippen LogP contribution in [0.25, 0.3) is 0 Å². The van der Waals surface area contributed by atoms with Crippen LogP contribution in [0, 0.1) is 0 Å². The van der Waals surface area contributed by atoms with Crippen molar-refractivity contribution in [1.29, 1.82) is 0 Å². The maximum absolute atomic E-state index is 12.8. The van der Waals surface area contributed by atoms with Crippen molar-refractivity contribution in [3.8, 4) is 0 Å². The van der Waals surface area contributed by atoms with Crippen molar-refractivity contribution in [2.24, 2.45) is 0 Å².